The molecule has 0 saturated heterocycles. The number of aromatic nitrogens is 3. The second-order valence-electron chi connectivity index (χ2n) is 6.84. The fourth-order valence-corrected chi connectivity index (χ4v) is 3.52. The molecular weight excluding hydrogens is 352 g/mol. The van der Waals surface area contributed by atoms with E-state index in [1.165, 1.54) is 0 Å². The van der Waals surface area contributed by atoms with Gasteiger partial charge in [-0.1, -0.05) is 30.3 Å². The first-order chi connectivity index (χ1) is 13.6. The van der Waals surface area contributed by atoms with Crippen molar-refractivity contribution < 1.29 is 4.79 Å². The molecule has 2 heterocycles. The van der Waals surface area contributed by atoms with Gasteiger partial charge in [0.2, 0.25) is 5.91 Å². The lowest BCUT2D eigenvalue weighted by molar-refractivity contribution is -0.121. The van der Waals surface area contributed by atoms with Gasteiger partial charge < -0.3 is 10.3 Å². The average Bonchev–Trinajstić information content (AvgIpc) is 3.12. The van der Waals surface area contributed by atoms with Crippen LogP contribution in [0.5, 0.6) is 0 Å². The Morgan fingerprint density at radius 2 is 1.86 bits per heavy atom. The molecule has 4 aromatic rings. The van der Waals surface area contributed by atoms with E-state index in [1.807, 2.05) is 49.5 Å². The third-order valence-corrected chi connectivity index (χ3v) is 5.01. The summed E-state index contributed by atoms with van der Waals surface area (Å²) >= 11 is 0. The van der Waals surface area contributed by atoms with E-state index in [2.05, 4.69) is 21.4 Å². The summed E-state index contributed by atoms with van der Waals surface area (Å²) in [4.78, 5) is 32.6. The molecule has 6 nitrogen and oxygen atoms in total. The van der Waals surface area contributed by atoms with Gasteiger partial charge in [-0.15, -0.1) is 0 Å². The van der Waals surface area contributed by atoms with E-state index in [4.69, 9.17) is 0 Å². The van der Waals surface area contributed by atoms with Crippen molar-refractivity contribution >= 4 is 27.7 Å². The topological polar surface area (TPSA) is 79.8 Å². The van der Waals surface area contributed by atoms with Gasteiger partial charge in [0.05, 0.1) is 10.9 Å². The highest BCUT2D eigenvalue weighted by Gasteiger charge is 2.09. The summed E-state index contributed by atoms with van der Waals surface area (Å²) in [5.74, 6) is 0.626. The van der Waals surface area contributed by atoms with Gasteiger partial charge in [-0.25, -0.2) is 4.98 Å². The van der Waals surface area contributed by atoms with Crippen LogP contribution in [0.1, 0.15) is 17.8 Å². The number of para-hydroxylation sites is 2. The molecule has 1 amide bonds. The fourth-order valence-electron chi connectivity index (χ4n) is 3.52. The standard InChI is InChI=1S/C22H22N4O2/c1-15-25-20-9-5-3-7-18(20)22(28)26(15)13-12-23-21(27)11-10-16-14-24-19-8-4-2-6-17(16)19/h2-9,14,24H,10-13H2,1H3,(H,23,27). The Morgan fingerprint density at radius 3 is 2.71 bits per heavy atom. The maximum atomic E-state index is 12.6. The van der Waals surface area contributed by atoms with Crippen LogP contribution in [0, 0.1) is 6.92 Å². The number of H-pyrrole nitrogens is 1. The number of hydrogen-bond donors (Lipinski definition) is 2. The molecule has 142 valence electrons. The van der Waals surface area contributed by atoms with Crippen LogP contribution in [0.15, 0.2) is 59.5 Å². The zero-order valence-corrected chi connectivity index (χ0v) is 15.7. The van der Waals surface area contributed by atoms with E-state index in [1.54, 1.807) is 10.6 Å². The highest BCUT2D eigenvalue weighted by molar-refractivity contribution is 5.84. The fraction of sp³-hybridized carbons (Fsp3) is 0.227. The Hall–Kier alpha value is -3.41. The Labute approximate surface area is 162 Å². The first kappa shape index (κ1) is 18.0. The lowest BCUT2D eigenvalue weighted by atomic mass is 10.1. The molecule has 0 radical (unpaired) electrons. The molecule has 0 saturated carbocycles. The van der Waals surface area contributed by atoms with Gasteiger partial charge in [-0.2, -0.15) is 0 Å². The quantitative estimate of drug-likeness (QED) is 0.545. The third-order valence-electron chi connectivity index (χ3n) is 5.01. The minimum absolute atomic E-state index is 0.0234. The van der Waals surface area contributed by atoms with Gasteiger partial charge in [0.1, 0.15) is 5.82 Å². The van der Waals surface area contributed by atoms with Gasteiger partial charge in [-0.05, 0) is 37.1 Å². The number of carbonyl (C=O) groups is 1. The number of hydrogen-bond acceptors (Lipinski definition) is 3. The molecule has 0 atom stereocenters. The number of rotatable bonds is 6. The Bertz CT molecular complexity index is 1210. The molecule has 0 aliphatic heterocycles. The maximum Gasteiger partial charge on any atom is 0.261 e. The van der Waals surface area contributed by atoms with Crippen molar-refractivity contribution in [2.45, 2.75) is 26.3 Å². The molecule has 0 fully saturated rings. The van der Waals surface area contributed by atoms with Crippen LogP contribution >= 0.6 is 0 Å². The average molecular weight is 374 g/mol. The number of benzene rings is 2. The van der Waals surface area contributed by atoms with Gasteiger partial charge in [0.15, 0.2) is 0 Å². The van der Waals surface area contributed by atoms with Gasteiger partial charge in [0, 0.05) is 36.6 Å². The largest absolute Gasteiger partial charge is 0.361 e. The van der Waals surface area contributed by atoms with Crippen molar-refractivity contribution in [3.63, 3.8) is 0 Å². The van der Waals surface area contributed by atoms with E-state index in [0.717, 1.165) is 16.5 Å². The smallest absolute Gasteiger partial charge is 0.261 e. The van der Waals surface area contributed by atoms with Crippen LogP contribution in [-0.4, -0.2) is 27.0 Å². The zero-order chi connectivity index (χ0) is 19.5. The summed E-state index contributed by atoms with van der Waals surface area (Å²) in [6.45, 7) is 2.61. The van der Waals surface area contributed by atoms with Crippen LogP contribution in [0.2, 0.25) is 0 Å². The Kier molecular flexibility index (Phi) is 4.93. The van der Waals surface area contributed by atoms with Crippen LogP contribution in [0.25, 0.3) is 21.8 Å². The molecule has 28 heavy (non-hydrogen) atoms. The molecule has 0 bridgehead atoms. The third kappa shape index (κ3) is 3.53. The van der Waals surface area contributed by atoms with Gasteiger partial charge in [0.25, 0.3) is 5.56 Å². The van der Waals surface area contributed by atoms with Gasteiger partial charge in [-0.3, -0.25) is 14.2 Å². The number of nitrogens with one attached hydrogen (secondary N) is 2. The van der Waals surface area contributed by atoms with E-state index in [9.17, 15) is 9.59 Å². The molecule has 6 heteroatoms. The van der Waals surface area contributed by atoms with Crippen molar-refractivity contribution in [3.05, 3.63) is 76.5 Å². The minimum Gasteiger partial charge on any atom is -0.361 e. The number of aryl methyl sites for hydroxylation is 2. The second kappa shape index (κ2) is 7.68. The van der Waals surface area contributed by atoms with Crippen molar-refractivity contribution in [2.75, 3.05) is 6.54 Å². The highest BCUT2D eigenvalue weighted by Crippen LogP contribution is 2.18. The lowest BCUT2D eigenvalue weighted by Crippen LogP contribution is -2.32. The lowest BCUT2D eigenvalue weighted by Gasteiger charge is -2.11. The summed E-state index contributed by atoms with van der Waals surface area (Å²) in [5, 5.41) is 4.66. The molecule has 2 N–H and O–H groups in total. The first-order valence-corrected chi connectivity index (χ1v) is 9.41. The van der Waals surface area contributed by atoms with E-state index < -0.39 is 0 Å². The highest BCUT2D eigenvalue weighted by atomic mass is 16.1. The summed E-state index contributed by atoms with van der Waals surface area (Å²) < 4.78 is 1.61. The Balaban J connectivity index is 1.36. The Morgan fingerprint density at radius 1 is 1.11 bits per heavy atom. The van der Waals surface area contributed by atoms with Crippen LogP contribution in [-0.2, 0) is 17.8 Å². The minimum atomic E-state index is -0.0730. The molecule has 0 spiro atoms. The van der Waals surface area contributed by atoms with Crippen LogP contribution in [0.4, 0.5) is 0 Å². The molecule has 0 aliphatic rings. The first-order valence-electron chi connectivity index (χ1n) is 9.41. The SMILES string of the molecule is Cc1nc2ccccc2c(=O)n1CCNC(=O)CCc1c[nH]c2ccccc12. The number of amides is 1. The van der Waals surface area contributed by atoms with E-state index >= 15 is 0 Å². The number of carbonyl (C=O) groups excluding carboxylic acids is 1. The number of aromatic amines is 1. The second-order valence-corrected chi connectivity index (χ2v) is 6.84. The zero-order valence-electron chi connectivity index (χ0n) is 15.7. The molecule has 0 unspecified atom stereocenters. The van der Waals surface area contributed by atoms with Crippen LogP contribution < -0.4 is 10.9 Å². The summed E-state index contributed by atoms with van der Waals surface area (Å²) in [7, 11) is 0. The molecular formula is C22H22N4O2. The molecule has 4 rings (SSSR count). The normalized spacial score (nSPS) is 11.2. The summed E-state index contributed by atoms with van der Waals surface area (Å²) in [5.41, 5.74) is 2.84. The maximum absolute atomic E-state index is 12.6. The number of fused-ring (bicyclic) bond motifs is 2. The summed E-state index contributed by atoms with van der Waals surface area (Å²) in [6, 6.07) is 15.4. The van der Waals surface area contributed by atoms with Crippen molar-refractivity contribution in [3.8, 4) is 0 Å². The molecule has 0 aliphatic carbocycles. The van der Waals surface area contributed by atoms with Crippen LogP contribution in [0.3, 0.4) is 0 Å². The molecule has 2 aromatic heterocycles. The van der Waals surface area contributed by atoms with Crippen molar-refractivity contribution in [1.82, 2.24) is 19.9 Å². The summed E-state index contributed by atoms with van der Waals surface area (Å²) in [6.07, 6.45) is 3.04. The monoisotopic (exact) mass is 374 g/mol. The number of nitrogens with zero attached hydrogens (tertiary/aromatic N) is 2. The van der Waals surface area contributed by atoms with Crippen molar-refractivity contribution in [1.29, 1.82) is 0 Å². The molecule has 2 aromatic carbocycles. The van der Waals surface area contributed by atoms with Crippen molar-refractivity contribution in [2.24, 2.45) is 0 Å². The van der Waals surface area contributed by atoms with E-state index in [0.29, 0.717) is 42.7 Å². The predicted molar refractivity (Wildman–Crippen MR) is 110 cm³/mol. The van der Waals surface area contributed by atoms with E-state index in [-0.39, 0.29) is 11.5 Å². The van der Waals surface area contributed by atoms with Gasteiger partial charge >= 0.3 is 0 Å². The predicted octanol–water partition coefficient (Wildman–Crippen LogP) is 2.94.